The first-order valence-corrected chi connectivity index (χ1v) is 7.31. The van der Waals surface area contributed by atoms with Crippen LogP contribution in [0.15, 0.2) is 18.2 Å². The fourth-order valence-electron chi connectivity index (χ4n) is 2.98. The van der Waals surface area contributed by atoms with Crippen molar-refractivity contribution >= 4 is 16.7 Å². The van der Waals surface area contributed by atoms with Gasteiger partial charge in [-0.2, -0.15) is 0 Å². The van der Waals surface area contributed by atoms with Gasteiger partial charge in [-0.15, -0.1) is 0 Å². The molecule has 0 saturated carbocycles. The Labute approximate surface area is 114 Å². The summed E-state index contributed by atoms with van der Waals surface area (Å²) in [6, 6.07) is 6.31. The molecule has 3 rings (SSSR count). The van der Waals surface area contributed by atoms with Gasteiger partial charge in [-0.25, -0.2) is 0 Å². The van der Waals surface area contributed by atoms with Crippen molar-refractivity contribution in [2.45, 2.75) is 52.2 Å². The molecule has 0 radical (unpaired) electrons. The molecule has 2 heterocycles. The molecular weight excluding hydrogens is 236 g/mol. The maximum atomic E-state index is 6.18. The smallest absolute Gasteiger partial charge is 0.125 e. The van der Waals surface area contributed by atoms with Gasteiger partial charge in [0.05, 0.1) is 5.52 Å². The average molecular weight is 258 g/mol. The normalized spacial score (nSPS) is 17.7. The summed E-state index contributed by atoms with van der Waals surface area (Å²) in [4.78, 5) is 0. The molecule has 102 valence electrons. The molecule has 0 aliphatic carbocycles. The number of aryl methyl sites for hydroxylation is 1. The molecule has 0 saturated heterocycles. The second-order valence-corrected chi connectivity index (χ2v) is 5.41. The van der Waals surface area contributed by atoms with Crippen LogP contribution in [0.1, 0.15) is 38.7 Å². The van der Waals surface area contributed by atoms with E-state index in [9.17, 15) is 0 Å². The third kappa shape index (κ3) is 1.97. The van der Waals surface area contributed by atoms with Crippen molar-refractivity contribution in [2.24, 2.45) is 0 Å². The second kappa shape index (κ2) is 4.80. The van der Waals surface area contributed by atoms with Crippen LogP contribution in [0.4, 0.5) is 5.82 Å². The van der Waals surface area contributed by atoms with Crippen molar-refractivity contribution in [1.29, 1.82) is 0 Å². The number of anilines is 1. The SMILES string of the molecule is CCCCn1c(N)cc2ccc3c(c21)CC(CC)O3. The van der Waals surface area contributed by atoms with Crippen LogP contribution in [0.3, 0.4) is 0 Å². The summed E-state index contributed by atoms with van der Waals surface area (Å²) in [5, 5.41) is 1.24. The number of rotatable bonds is 4. The highest BCUT2D eigenvalue weighted by Crippen LogP contribution is 2.38. The Morgan fingerprint density at radius 3 is 2.95 bits per heavy atom. The van der Waals surface area contributed by atoms with Gasteiger partial charge in [0.15, 0.2) is 0 Å². The fourth-order valence-corrected chi connectivity index (χ4v) is 2.98. The average Bonchev–Trinajstić information content (AvgIpc) is 2.96. The molecule has 1 aliphatic rings. The van der Waals surface area contributed by atoms with E-state index in [2.05, 4.69) is 36.6 Å². The van der Waals surface area contributed by atoms with E-state index in [0.717, 1.165) is 37.4 Å². The summed E-state index contributed by atoms with van der Waals surface area (Å²) < 4.78 is 8.24. The number of benzene rings is 1. The molecule has 0 amide bonds. The zero-order chi connectivity index (χ0) is 13.4. The van der Waals surface area contributed by atoms with E-state index in [-0.39, 0.29) is 0 Å². The molecule has 1 atom stereocenters. The molecule has 1 aromatic heterocycles. The minimum absolute atomic E-state index is 0.330. The van der Waals surface area contributed by atoms with E-state index >= 15 is 0 Å². The minimum atomic E-state index is 0.330. The van der Waals surface area contributed by atoms with Gasteiger partial charge in [0.25, 0.3) is 0 Å². The maximum Gasteiger partial charge on any atom is 0.125 e. The summed E-state index contributed by atoms with van der Waals surface area (Å²) in [6.07, 6.45) is 4.74. The quantitative estimate of drug-likeness (QED) is 0.907. The zero-order valence-electron chi connectivity index (χ0n) is 11.8. The van der Waals surface area contributed by atoms with Crippen molar-refractivity contribution in [3.63, 3.8) is 0 Å². The third-order valence-electron chi connectivity index (χ3n) is 4.07. The van der Waals surface area contributed by atoms with E-state index in [1.165, 1.54) is 22.9 Å². The van der Waals surface area contributed by atoms with Crippen LogP contribution in [0, 0.1) is 0 Å². The zero-order valence-corrected chi connectivity index (χ0v) is 11.8. The van der Waals surface area contributed by atoms with Crippen molar-refractivity contribution in [3.8, 4) is 5.75 Å². The molecule has 0 bridgehead atoms. The number of ether oxygens (including phenoxy) is 1. The van der Waals surface area contributed by atoms with Crippen molar-refractivity contribution in [2.75, 3.05) is 5.73 Å². The third-order valence-corrected chi connectivity index (χ3v) is 4.07. The van der Waals surface area contributed by atoms with Crippen LogP contribution in [-0.2, 0) is 13.0 Å². The van der Waals surface area contributed by atoms with Gasteiger partial charge in [0, 0.05) is 23.9 Å². The Balaban J connectivity index is 2.11. The largest absolute Gasteiger partial charge is 0.490 e. The Bertz CT molecular complexity index is 600. The number of fused-ring (bicyclic) bond motifs is 3. The van der Waals surface area contributed by atoms with Crippen LogP contribution in [0.25, 0.3) is 10.9 Å². The van der Waals surface area contributed by atoms with Crippen LogP contribution in [-0.4, -0.2) is 10.7 Å². The topological polar surface area (TPSA) is 40.2 Å². The van der Waals surface area contributed by atoms with Crippen molar-refractivity contribution < 1.29 is 4.74 Å². The summed E-state index contributed by atoms with van der Waals surface area (Å²) in [7, 11) is 0. The number of unbranched alkanes of at least 4 members (excludes halogenated alkanes) is 1. The van der Waals surface area contributed by atoms with E-state index < -0.39 is 0 Å². The number of nitrogen functional groups attached to an aromatic ring is 1. The lowest BCUT2D eigenvalue weighted by Gasteiger charge is -2.09. The lowest BCUT2D eigenvalue weighted by molar-refractivity contribution is 0.228. The number of hydrogen-bond donors (Lipinski definition) is 1. The van der Waals surface area contributed by atoms with Gasteiger partial charge < -0.3 is 15.0 Å². The van der Waals surface area contributed by atoms with E-state index in [1.54, 1.807) is 0 Å². The summed E-state index contributed by atoms with van der Waals surface area (Å²) in [5.41, 5.74) is 8.81. The lowest BCUT2D eigenvalue weighted by Crippen LogP contribution is -2.10. The number of nitrogens with two attached hydrogens (primary N) is 1. The van der Waals surface area contributed by atoms with E-state index in [1.807, 2.05) is 0 Å². The summed E-state index contributed by atoms with van der Waals surface area (Å²) in [5.74, 6) is 1.92. The molecule has 3 nitrogen and oxygen atoms in total. The monoisotopic (exact) mass is 258 g/mol. The van der Waals surface area contributed by atoms with Crippen LogP contribution in [0.2, 0.25) is 0 Å². The van der Waals surface area contributed by atoms with Crippen LogP contribution < -0.4 is 10.5 Å². The highest BCUT2D eigenvalue weighted by molar-refractivity contribution is 5.89. The van der Waals surface area contributed by atoms with Gasteiger partial charge in [0.1, 0.15) is 17.7 Å². The predicted molar refractivity (Wildman–Crippen MR) is 79.7 cm³/mol. The van der Waals surface area contributed by atoms with Crippen LogP contribution >= 0.6 is 0 Å². The number of aromatic nitrogens is 1. The first-order valence-electron chi connectivity index (χ1n) is 7.31. The highest BCUT2D eigenvalue weighted by Gasteiger charge is 2.25. The molecule has 1 aliphatic heterocycles. The van der Waals surface area contributed by atoms with Gasteiger partial charge in [-0.3, -0.25) is 0 Å². The first-order chi connectivity index (χ1) is 9.24. The van der Waals surface area contributed by atoms with Gasteiger partial charge in [0.2, 0.25) is 0 Å². The Morgan fingerprint density at radius 2 is 2.21 bits per heavy atom. The molecule has 1 unspecified atom stereocenters. The minimum Gasteiger partial charge on any atom is -0.490 e. The lowest BCUT2D eigenvalue weighted by atomic mass is 10.1. The second-order valence-electron chi connectivity index (χ2n) is 5.41. The summed E-state index contributed by atoms with van der Waals surface area (Å²) >= 11 is 0. The Kier molecular flexibility index (Phi) is 3.13. The van der Waals surface area contributed by atoms with Gasteiger partial charge in [-0.05, 0) is 31.0 Å². The van der Waals surface area contributed by atoms with Gasteiger partial charge >= 0.3 is 0 Å². The number of hydrogen-bond acceptors (Lipinski definition) is 2. The molecule has 2 aromatic rings. The fraction of sp³-hybridized carbons (Fsp3) is 0.500. The standard InChI is InChI=1S/C16H22N2O/c1-3-5-8-18-15(17)9-11-6-7-14-13(16(11)18)10-12(4-2)19-14/h6-7,9,12H,3-5,8,10,17H2,1-2H3. The van der Waals surface area contributed by atoms with Gasteiger partial charge in [-0.1, -0.05) is 20.3 Å². The van der Waals surface area contributed by atoms with E-state index in [4.69, 9.17) is 10.5 Å². The Morgan fingerprint density at radius 1 is 1.37 bits per heavy atom. The predicted octanol–water partition coefficient (Wildman–Crippen LogP) is 3.74. The molecule has 2 N–H and O–H groups in total. The number of nitrogens with zero attached hydrogens (tertiary/aromatic N) is 1. The Hall–Kier alpha value is -1.64. The molecular formula is C16H22N2O. The highest BCUT2D eigenvalue weighted by atomic mass is 16.5. The maximum absolute atomic E-state index is 6.18. The molecule has 1 aromatic carbocycles. The molecule has 0 spiro atoms. The van der Waals surface area contributed by atoms with Crippen LogP contribution in [0.5, 0.6) is 5.75 Å². The molecule has 0 fully saturated rings. The molecule has 19 heavy (non-hydrogen) atoms. The first kappa shape index (κ1) is 12.4. The van der Waals surface area contributed by atoms with E-state index in [0.29, 0.717) is 6.10 Å². The van der Waals surface area contributed by atoms with Crippen molar-refractivity contribution in [3.05, 3.63) is 23.8 Å². The van der Waals surface area contributed by atoms with Crippen molar-refractivity contribution in [1.82, 2.24) is 4.57 Å². The molecule has 3 heteroatoms. The summed E-state index contributed by atoms with van der Waals surface area (Å²) in [6.45, 7) is 5.39.